The lowest BCUT2D eigenvalue weighted by Gasteiger charge is -2.32. The van der Waals surface area contributed by atoms with Gasteiger partial charge >= 0.3 is 12.1 Å². The van der Waals surface area contributed by atoms with Gasteiger partial charge in [0.05, 0.1) is 7.11 Å². The van der Waals surface area contributed by atoms with Crippen LogP contribution in [0.15, 0.2) is 0 Å². The predicted octanol–water partition coefficient (Wildman–Crippen LogP) is 1.96. The molecule has 0 unspecified atom stereocenters. The molecule has 12 atom stereocenters. The normalized spacial score (nSPS) is 15.4. The second-order valence-electron chi connectivity index (χ2n) is 33.5. The van der Waals surface area contributed by atoms with E-state index in [1.54, 1.807) is 104 Å². The molecule has 107 heavy (non-hydrogen) atoms. The van der Waals surface area contributed by atoms with Crippen LogP contribution < -0.4 is 79.8 Å². The van der Waals surface area contributed by atoms with Gasteiger partial charge in [0, 0.05) is 0 Å². The number of esters is 1. The van der Waals surface area contributed by atoms with E-state index in [9.17, 15) is 76.7 Å². The van der Waals surface area contributed by atoms with E-state index in [4.69, 9.17) is 9.47 Å². The van der Waals surface area contributed by atoms with Crippen LogP contribution in [-0.2, 0) is 81.4 Å². The number of rotatable bonds is 42. The Kier molecular flexibility index (Phi) is 39.8. The number of amides is 15. The van der Waals surface area contributed by atoms with E-state index in [0.29, 0.717) is 0 Å². The standard InChI is InChI=1S/C74H133N15O18/c1-35(2)31-47(79-55(90)43(17)76-64(99)52(40(11)12)84-67(102)72(24,25)88-61(96)49(33-37(5)6)81-58(93)46(20)78-66(101)54(42(15)16)86-70(105)107-71(21,22)23)59(94)83-51(39(9)10)63(98)75-44(18)56(91)80-48(32-36(3)4)60(95)87-73(26,27)68(103)85-53(41(13)14)65(100)77-45(19)57(92)82-50(34-38(7)8)62(97)89-74(28,29)69(104)106-30/h35-54H,31-34H2,1-30H3,(H,75,98)(H,76,99)(H,77,100)(H,78,101)(H,79,90)(H,80,91)(H,81,93)(H,82,92)(H,83,94)(H,84,102)(H,85,103)(H,86,105)(H,87,95)(H,88,96)(H,89,97)/t43-,44-,45-,46-,47-,48-,49-,50-,51-,52-,53-,54-/m0/s1. The maximum absolute atomic E-state index is 14.2. The molecular weight excluding hydrogens is 1390 g/mol. The van der Waals surface area contributed by atoms with Crippen molar-refractivity contribution in [2.45, 2.75) is 321 Å². The Morgan fingerprint density at radius 2 is 0.486 bits per heavy atom. The Balaban J connectivity index is 6.25. The van der Waals surface area contributed by atoms with Gasteiger partial charge in [-0.3, -0.25) is 67.1 Å². The Morgan fingerprint density at radius 1 is 0.262 bits per heavy atom. The lowest BCUT2D eigenvalue weighted by molar-refractivity contribution is -0.149. The van der Waals surface area contributed by atoms with Gasteiger partial charge in [-0.05, 0) is 163 Å². The zero-order valence-corrected chi connectivity index (χ0v) is 69.2. The number of methoxy groups -OCH3 is 1. The van der Waals surface area contributed by atoms with Gasteiger partial charge in [-0.1, -0.05) is 111 Å². The van der Waals surface area contributed by atoms with Crippen LogP contribution in [0.4, 0.5) is 4.79 Å². The average molecular weight is 1520 g/mol. The zero-order chi connectivity index (χ0) is 83.6. The predicted molar refractivity (Wildman–Crippen MR) is 403 cm³/mol. The molecule has 0 aromatic carbocycles. The van der Waals surface area contributed by atoms with Gasteiger partial charge in [0.1, 0.15) is 94.7 Å². The molecule has 0 bridgehead atoms. The fourth-order valence-electron chi connectivity index (χ4n) is 10.6. The summed E-state index contributed by atoms with van der Waals surface area (Å²) in [5.41, 5.74) is -5.68. The third-order valence-corrected chi connectivity index (χ3v) is 16.8. The number of alkyl carbamates (subject to hydrolysis) is 1. The number of carbonyl (C=O) groups excluding carboxylic acids is 16. The number of hydrogen-bond donors (Lipinski definition) is 15. The van der Waals surface area contributed by atoms with E-state index in [1.807, 2.05) is 27.7 Å². The highest BCUT2D eigenvalue weighted by molar-refractivity contribution is 6.01. The quantitative estimate of drug-likeness (QED) is 0.0388. The Labute approximate surface area is 633 Å². The molecule has 0 heterocycles. The summed E-state index contributed by atoms with van der Waals surface area (Å²) >= 11 is 0. The first-order valence-corrected chi connectivity index (χ1v) is 37.1. The van der Waals surface area contributed by atoms with Crippen LogP contribution in [0.25, 0.3) is 0 Å². The molecule has 15 N–H and O–H groups in total. The molecule has 0 spiro atoms. The van der Waals surface area contributed by atoms with Crippen LogP contribution in [0, 0.1) is 47.3 Å². The highest BCUT2D eigenvalue weighted by Gasteiger charge is 2.42. The minimum absolute atomic E-state index is 0.0652. The van der Waals surface area contributed by atoms with E-state index in [0.717, 1.165) is 0 Å². The summed E-state index contributed by atoms with van der Waals surface area (Å²) in [6.07, 6.45) is -0.394. The van der Waals surface area contributed by atoms with Crippen LogP contribution in [-0.4, -0.2) is 197 Å². The zero-order valence-electron chi connectivity index (χ0n) is 69.2. The lowest BCUT2D eigenvalue weighted by Crippen LogP contribution is -2.64. The summed E-state index contributed by atoms with van der Waals surface area (Å²) in [4.78, 5) is 218. The summed E-state index contributed by atoms with van der Waals surface area (Å²) in [6, 6.07) is -14.7. The first kappa shape index (κ1) is 98.3. The van der Waals surface area contributed by atoms with Crippen molar-refractivity contribution in [2.75, 3.05) is 7.11 Å². The third-order valence-electron chi connectivity index (χ3n) is 16.8. The number of ether oxygens (including phenoxy) is 2. The van der Waals surface area contributed by atoms with E-state index in [1.165, 1.54) is 76.3 Å². The lowest BCUT2D eigenvalue weighted by atomic mass is 9.97. The molecule has 0 aliphatic heterocycles. The largest absolute Gasteiger partial charge is 0.467 e. The topological polar surface area (TPSA) is 472 Å². The van der Waals surface area contributed by atoms with Gasteiger partial charge in [0.25, 0.3) is 0 Å². The second-order valence-corrected chi connectivity index (χ2v) is 33.5. The molecule has 33 nitrogen and oxygen atoms in total. The van der Waals surface area contributed by atoms with Crippen molar-refractivity contribution in [3.63, 3.8) is 0 Å². The monoisotopic (exact) mass is 1520 g/mol. The Morgan fingerprint density at radius 3 is 0.710 bits per heavy atom. The van der Waals surface area contributed by atoms with Crippen molar-refractivity contribution in [3.05, 3.63) is 0 Å². The molecule has 612 valence electrons. The summed E-state index contributed by atoms with van der Waals surface area (Å²) in [5, 5.41) is 39.4. The van der Waals surface area contributed by atoms with Crippen molar-refractivity contribution < 1.29 is 86.2 Å². The number of carbonyl (C=O) groups is 16. The minimum atomic E-state index is -1.72. The fourth-order valence-corrected chi connectivity index (χ4v) is 10.6. The van der Waals surface area contributed by atoms with E-state index >= 15 is 0 Å². The average Bonchev–Trinajstić information content (AvgIpc) is 0.836. The summed E-state index contributed by atoms with van der Waals surface area (Å²) < 4.78 is 10.1. The van der Waals surface area contributed by atoms with Crippen molar-refractivity contribution in [3.8, 4) is 0 Å². The highest BCUT2D eigenvalue weighted by Crippen LogP contribution is 2.18. The summed E-state index contributed by atoms with van der Waals surface area (Å²) in [6.45, 7) is 46.7. The molecular formula is C74H133N15O18. The van der Waals surface area contributed by atoms with Crippen LogP contribution in [0.3, 0.4) is 0 Å². The number of hydrogen-bond acceptors (Lipinski definition) is 18. The van der Waals surface area contributed by atoms with E-state index < -0.39 is 213 Å². The molecule has 0 aliphatic carbocycles. The van der Waals surface area contributed by atoms with Gasteiger partial charge in [-0.25, -0.2) is 9.59 Å². The Hall–Kier alpha value is -8.68. The van der Waals surface area contributed by atoms with Gasteiger partial charge in [-0.15, -0.1) is 0 Å². The molecule has 33 heteroatoms. The van der Waals surface area contributed by atoms with Crippen LogP contribution in [0.2, 0.25) is 0 Å². The molecule has 0 saturated carbocycles. The van der Waals surface area contributed by atoms with Crippen molar-refractivity contribution in [2.24, 2.45) is 47.3 Å². The maximum Gasteiger partial charge on any atom is 0.408 e. The van der Waals surface area contributed by atoms with Crippen LogP contribution in [0.5, 0.6) is 0 Å². The van der Waals surface area contributed by atoms with Crippen molar-refractivity contribution >= 4 is 94.8 Å². The van der Waals surface area contributed by atoms with Gasteiger partial charge in [0.2, 0.25) is 82.7 Å². The fraction of sp³-hybridized carbons (Fsp3) is 0.784. The molecule has 0 aliphatic rings. The van der Waals surface area contributed by atoms with Gasteiger partial charge < -0.3 is 89.2 Å². The van der Waals surface area contributed by atoms with E-state index in [2.05, 4.69) is 79.8 Å². The van der Waals surface area contributed by atoms with E-state index in [-0.39, 0.29) is 49.4 Å². The van der Waals surface area contributed by atoms with Crippen molar-refractivity contribution in [1.82, 2.24) is 79.8 Å². The third kappa shape index (κ3) is 34.8. The summed E-state index contributed by atoms with van der Waals surface area (Å²) in [7, 11) is 1.17. The van der Waals surface area contributed by atoms with Gasteiger partial charge in [-0.2, -0.15) is 0 Å². The molecule has 0 fully saturated rings. The van der Waals surface area contributed by atoms with Crippen molar-refractivity contribution in [1.29, 1.82) is 0 Å². The molecule has 0 radical (unpaired) electrons. The van der Waals surface area contributed by atoms with Gasteiger partial charge in [0.15, 0.2) is 0 Å². The smallest absolute Gasteiger partial charge is 0.408 e. The maximum atomic E-state index is 14.2. The molecule has 0 aromatic rings. The number of nitrogens with one attached hydrogen (secondary N) is 15. The second kappa shape index (κ2) is 43.3. The SMILES string of the molecule is COC(=O)C(C)(C)NC(=O)[C@H](CC(C)C)NC(=O)[C@H](C)NC(=O)[C@@H](NC(=O)C(C)(C)NC(=O)[C@H](CC(C)C)NC(=O)[C@H](C)NC(=O)[C@@H](NC(=O)[C@H](CC(C)C)NC(=O)[C@H](C)NC(=O)[C@@H](NC(=O)C(C)(C)NC(=O)[C@H](CC(C)C)NC(=O)[C@H](C)NC(=O)[C@@H](NC(=O)OC(C)(C)C)C(C)C)C(C)C)C(C)C)C(C)C. The van der Waals surface area contributed by atoms with Crippen LogP contribution in [0.1, 0.15) is 226 Å². The minimum Gasteiger partial charge on any atom is -0.467 e. The Bertz CT molecular complexity index is 3100. The highest BCUT2D eigenvalue weighted by atomic mass is 16.6. The molecule has 0 rings (SSSR count). The molecule has 15 amide bonds. The summed E-state index contributed by atoms with van der Waals surface area (Å²) in [5.74, 6) is -14.1. The molecule has 0 aromatic heterocycles. The first-order valence-electron chi connectivity index (χ1n) is 37.1. The molecule has 0 saturated heterocycles. The first-order chi connectivity index (χ1) is 48.7. The van der Waals surface area contributed by atoms with Crippen LogP contribution >= 0.6 is 0 Å².